The first-order valence-electron chi connectivity index (χ1n) is 4.41. The smallest absolute Gasteiger partial charge is 0.661 e. The Morgan fingerprint density at radius 2 is 1.30 bits per heavy atom. The molecule has 0 amide bonds. The Hall–Kier alpha value is -1.25. The van der Waals surface area contributed by atoms with E-state index in [0.717, 1.165) is 0 Å². The fourth-order valence-corrected chi connectivity index (χ4v) is 0.929. The van der Waals surface area contributed by atoms with Crippen molar-refractivity contribution < 1.29 is 50.0 Å². The Morgan fingerprint density at radius 1 is 1.00 bits per heavy atom. The third-order valence-electron chi connectivity index (χ3n) is 1.61. The molecule has 12 heteroatoms. The summed E-state index contributed by atoms with van der Waals surface area (Å²) in [5, 5.41) is 41.7. The van der Waals surface area contributed by atoms with Crippen LogP contribution in [0.5, 0.6) is 0 Å². The van der Waals surface area contributed by atoms with Gasteiger partial charge in [-0.1, -0.05) is 12.1 Å². The number of carbonyl (C=O) groups is 2. The van der Waals surface area contributed by atoms with Gasteiger partial charge in [0, 0.05) is 0 Å². The Labute approximate surface area is 128 Å². The van der Waals surface area contributed by atoms with E-state index in [1.165, 1.54) is 24.3 Å². The van der Waals surface area contributed by atoms with Gasteiger partial charge in [0.25, 0.3) is 0 Å². The van der Waals surface area contributed by atoms with Gasteiger partial charge in [-0.2, -0.15) is 0 Å². The van der Waals surface area contributed by atoms with E-state index in [1.807, 2.05) is 0 Å². The first kappa shape index (κ1) is 21.1. The van der Waals surface area contributed by atoms with Crippen molar-refractivity contribution in [3.63, 3.8) is 0 Å². The zero-order valence-corrected chi connectivity index (χ0v) is 11.2. The first-order chi connectivity index (χ1) is 8.97. The molecule has 0 saturated carbocycles. The monoisotopic (exact) mass is 298 g/mol. The van der Waals surface area contributed by atoms with Crippen LogP contribution < -0.4 is 10.5 Å². The largest absolute Gasteiger partial charge is 2.00 e. The molecule has 0 aliphatic heterocycles. The van der Waals surface area contributed by atoms with Gasteiger partial charge in [-0.15, -0.1) is 0 Å². The zero-order valence-electron chi connectivity index (χ0n) is 9.79. The fraction of sp³-hybridized carbons (Fsp3) is 0. The standard InChI is InChI=1S/C8H6O6.BH3O4.Mg/c9-7(13-11)5-3-1-2-4-6(5)8(10)14-12;2-1(3)5-4;/h1-4,11-12H;2-4H;/q;;+2/p-2. The molecule has 0 atom stereocenters. The Morgan fingerprint density at radius 3 is 1.50 bits per heavy atom. The molecule has 0 heterocycles. The number of hydrogen-bond acceptors (Lipinski definition) is 10. The molecule has 0 saturated heterocycles. The molecule has 10 nitrogen and oxygen atoms in total. The fourth-order valence-electron chi connectivity index (χ4n) is 0.929. The molecule has 0 radical (unpaired) electrons. The quantitative estimate of drug-likeness (QED) is 0.290. The van der Waals surface area contributed by atoms with Gasteiger partial charge >= 0.3 is 42.3 Å². The first-order valence-corrected chi connectivity index (χ1v) is 4.41. The van der Waals surface area contributed by atoms with E-state index < -0.39 is 19.3 Å². The van der Waals surface area contributed by atoms with E-state index in [0.29, 0.717) is 0 Å². The van der Waals surface area contributed by atoms with Gasteiger partial charge in [0.2, 0.25) is 0 Å². The Kier molecular flexibility index (Phi) is 12.2. The second kappa shape index (κ2) is 11.6. The topological polar surface area (TPSA) is 169 Å². The van der Waals surface area contributed by atoms with Crippen LogP contribution in [0.15, 0.2) is 24.3 Å². The SMILES string of the molecule is O=C(O[O-])c1ccccc1C(=O)O[O-].OOB(O)O.[Mg+2]. The molecule has 104 valence electrons. The van der Waals surface area contributed by atoms with Crippen LogP contribution in [0.25, 0.3) is 0 Å². The van der Waals surface area contributed by atoms with Crippen molar-refractivity contribution in [1.82, 2.24) is 0 Å². The average molecular weight is 298 g/mol. The van der Waals surface area contributed by atoms with E-state index in [9.17, 15) is 20.1 Å². The summed E-state index contributed by atoms with van der Waals surface area (Å²) in [6, 6.07) is 5.17. The van der Waals surface area contributed by atoms with Crippen LogP contribution in [0.4, 0.5) is 0 Å². The number of rotatable bonds is 3. The van der Waals surface area contributed by atoms with Crippen LogP contribution in [0, 0.1) is 0 Å². The summed E-state index contributed by atoms with van der Waals surface area (Å²) in [5.74, 6) is -2.49. The normalized spacial score (nSPS) is 8.45. The minimum atomic E-state index is -2.06. The number of carbonyl (C=O) groups excluding carboxylic acids is 2. The third kappa shape index (κ3) is 7.37. The Bertz CT molecular complexity index is 390. The molecule has 1 aromatic carbocycles. The summed E-state index contributed by atoms with van der Waals surface area (Å²) in [4.78, 5) is 30.8. The van der Waals surface area contributed by atoms with Crippen molar-refractivity contribution in [2.75, 3.05) is 0 Å². The maximum Gasteiger partial charge on any atom is 2.00 e. The molecular weight excluding hydrogens is 291 g/mol. The van der Waals surface area contributed by atoms with Crippen molar-refractivity contribution in [2.45, 2.75) is 0 Å². The van der Waals surface area contributed by atoms with Crippen LogP contribution in [-0.4, -0.2) is 57.6 Å². The van der Waals surface area contributed by atoms with E-state index in [4.69, 9.17) is 15.3 Å². The van der Waals surface area contributed by atoms with Crippen molar-refractivity contribution in [2.24, 2.45) is 0 Å². The predicted octanol–water partition coefficient (Wildman–Crippen LogP) is -3.38. The van der Waals surface area contributed by atoms with Crippen LogP contribution in [0.3, 0.4) is 0 Å². The van der Waals surface area contributed by atoms with Gasteiger partial charge in [0.15, 0.2) is 0 Å². The molecule has 20 heavy (non-hydrogen) atoms. The Balaban J connectivity index is 0. The van der Waals surface area contributed by atoms with E-state index in [2.05, 4.69) is 14.6 Å². The number of hydrogen-bond donors (Lipinski definition) is 3. The molecule has 0 fully saturated rings. The average Bonchev–Trinajstić information content (AvgIpc) is 2.46. The van der Waals surface area contributed by atoms with Crippen molar-refractivity contribution in [3.05, 3.63) is 35.4 Å². The minimum Gasteiger partial charge on any atom is -0.661 e. The summed E-state index contributed by atoms with van der Waals surface area (Å²) >= 11 is 0. The van der Waals surface area contributed by atoms with Gasteiger partial charge in [0.05, 0.1) is 11.1 Å². The summed E-state index contributed by atoms with van der Waals surface area (Å²) < 4.78 is 0. The zero-order chi connectivity index (χ0) is 14.8. The molecule has 0 spiro atoms. The molecular formula is C8H7BMgO10. The second-order valence-corrected chi connectivity index (χ2v) is 2.72. The molecule has 0 bridgehead atoms. The van der Waals surface area contributed by atoms with Crippen LogP contribution in [0.2, 0.25) is 0 Å². The molecule has 0 aliphatic rings. The molecule has 3 N–H and O–H groups in total. The number of benzene rings is 1. The maximum absolute atomic E-state index is 10.8. The van der Waals surface area contributed by atoms with Crippen LogP contribution in [-0.2, 0) is 14.6 Å². The van der Waals surface area contributed by atoms with E-state index in [1.54, 1.807) is 0 Å². The summed E-state index contributed by atoms with van der Waals surface area (Å²) in [5.41, 5.74) is -0.605. The van der Waals surface area contributed by atoms with Crippen molar-refractivity contribution in [1.29, 1.82) is 0 Å². The van der Waals surface area contributed by atoms with Gasteiger partial charge in [0.1, 0.15) is 0 Å². The molecule has 1 aromatic rings. The van der Waals surface area contributed by atoms with Gasteiger partial charge in [-0.3, -0.25) is 5.26 Å². The van der Waals surface area contributed by atoms with Crippen LogP contribution in [0.1, 0.15) is 20.7 Å². The predicted molar refractivity (Wildman–Crippen MR) is 56.9 cm³/mol. The van der Waals surface area contributed by atoms with E-state index in [-0.39, 0.29) is 34.2 Å². The molecule has 0 unspecified atom stereocenters. The van der Waals surface area contributed by atoms with Crippen molar-refractivity contribution >= 4 is 42.3 Å². The van der Waals surface area contributed by atoms with Crippen molar-refractivity contribution in [3.8, 4) is 0 Å². The second-order valence-electron chi connectivity index (χ2n) is 2.72. The summed E-state index contributed by atoms with van der Waals surface area (Å²) in [6.45, 7) is 0. The van der Waals surface area contributed by atoms with Gasteiger partial charge < -0.3 is 30.3 Å². The maximum atomic E-state index is 10.8. The molecule has 0 aliphatic carbocycles. The molecule has 1 rings (SSSR count). The summed E-state index contributed by atoms with van der Waals surface area (Å²) in [7, 11) is -2.06. The summed E-state index contributed by atoms with van der Waals surface area (Å²) in [6.07, 6.45) is 0. The molecule has 0 aromatic heterocycles. The van der Waals surface area contributed by atoms with Gasteiger partial charge in [-0.25, -0.2) is 14.4 Å². The van der Waals surface area contributed by atoms with Crippen LogP contribution >= 0.6 is 0 Å². The minimum absolute atomic E-state index is 0. The van der Waals surface area contributed by atoms with Gasteiger partial charge in [-0.05, 0) is 12.1 Å². The van der Waals surface area contributed by atoms with E-state index >= 15 is 0 Å². The third-order valence-corrected chi connectivity index (χ3v) is 1.61.